The maximum atomic E-state index is 12.0. The predicted octanol–water partition coefficient (Wildman–Crippen LogP) is 2.45. The van der Waals surface area contributed by atoms with Gasteiger partial charge in [0.15, 0.2) is 8.32 Å². The van der Waals surface area contributed by atoms with Crippen LogP contribution in [0.5, 0.6) is 0 Å². The molecule has 0 saturated carbocycles. The highest BCUT2D eigenvalue weighted by Crippen LogP contribution is 2.45. The zero-order valence-electron chi connectivity index (χ0n) is 11.9. The summed E-state index contributed by atoms with van der Waals surface area (Å²) in [5, 5.41) is 0. The van der Waals surface area contributed by atoms with Gasteiger partial charge in [-0.2, -0.15) is 0 Å². The third-order valence-corrected chi connectivity index (χ3v) is 4.78. The summed E-state index contributed by atoms with van der Waals surface area (Å²) in [6, 6.07) is 7.89. The van der Waals surface area contributed by atoms with Crippen LogP contribution in [0.2, 0.25) is 19.6 Å². The Morgan fingerprint density at radius 1 is 1.15 bits per heavy atom. The molecule has 0 bridgehead atoms. The van der Waals surface area contributed by atoms with Crippen LogP contribution in [0, 0.1) is 11.8 Å². The highest BCUT2D eigenvalue weighted by atomic mass is 28.4. The van der Waals surface area contributed by atoms with Crippen LogP contribution in [0.15, 0.2) is 24.3 Å². The summed E-state index contributed by atoms with van der Waals surface area (Å²) in [7, 11) is -1.84. The van der Waals surface area contributed by atoms with E-state index < -0.39 is 32.1 Å². The van der Waals surface area contributed by atoms with E-state index in [0.717, 1.165) is 11.1 Å². The van der Waals surface area contributed by atoms with Crippen LogP contribution >= 0.6 is 0 Å². The number of hydrogen-bond acceptors (Lipinski definition) is 4. The molecular formula is C15H18O4Si. The molecule has 1 saturated heterocycles. The Kier molecular flexibility index (Phi) is 3.06. The van der Waals surface area contributed by atoms with E-state index in [1.165, 1.54) is 0 Å². The first-order valence-corrected chi connectivity index (χ1v) is 10.3. The first-order valence-electron chi connectivity index (χ1n) is 6.88. The second-order valence-electron chi connectivity index (χ2n) is 6.43. The van der Waals surface area contributed by atoms with Crippen LogP contribution in [-0.2, 0) is 25.2 Å². The van der Waals surface area contributed by atoms with Gasteiger partial charge >= 0.3 is 11.9 Å². The van der Waals surface area contributed by atoms with Gasteiger partial charge in [-0.15, -0.1) is 0 Å². The van der Waals surface area contributed by atoms with Crippen molar-refractivity contribution in [2.24, 2.45) is 11.8 Å². The predicted molar refractivity (Wildman–Crippen MR) is 75.4 cm³/mol. The van der Waals surface area contributed by atoms with E-state index in [1.807, 2.05) is 24.3 Å². The first-order chi connectivity index (χ1) is 9.37. The number of esters is 2. The van der Waals surface area contributed by atoms with Gasteiger partial charge in [0.2, 0.25) is 0 Å². The van der Waals surface area contributed by atoms with Crippen LogP contribution in [-0.4, -0.2) is 20.3 Å². The molecule has 0 spiro atoms. The summed E-state index contributed by atoms with van der Waals surface area (Å²) in [5.41, 5.74) is 2.12. The van der Waals surface area contributed by atoms with E-state index >= 15 is 0 Å². The summed E-state index contributed by atoms with van der Waals surface area (Å²) in [5.74, 6) is -1.71. The van der Waals surface area contributed by atoms with Crippen LogP contribution in [0.25, 0.3) is 0 Å². The van der Waals surface area contributed by atoms with Crippen molar-refractivity contribution in [1.82, 2.24) is 0 Å². The van der Waals surface area contributed by atoms with Crippen molar-refractivity contribution in [2.75, 3.05) is 0 Å². The van der Waals surface area contributed by atoms with Crippen molar-refractivity contribution in [3.05, 3.63) is 35.4 Å². The molecule has 4 nitrogen and oxygen atoms in total. The fourth-order valence-corrected chi connectivity index (χ4v) is 4.08. The molecule has 1 aromatic rings. The molecule has 0 radical (unpaired) electrons. The summed E-state index contributed by atoms with van der Waals surface area (Å²) in [4.78, 5) is 23.9. The van der Waals surface area contributed by atoms with Crippen molar-refractivity contribution in [3.63, 3.8) is 0 Å². The molecule has 1 heterocycles. The second kappa shape index (κ2) is 4.53. The number of rotatable bonds is 2. The van der Waals surface area contributed by atoms with E-state index in [-0.39, 0.29) is 6.10 Å². The molecule has 2 aliphatic rings. The molecule has 1 aliphatic heterocycles. The van der Waals surface area contributed by atoms with Gasteiger partial charge in [-0.1, -0.05) is 24.3 Å². The molecule has 5 heteroatoms. The number of carbonyl (C=O) groups is 2. The average Bonchev–Trinajstić information content (AvgIpc) is 2.63. The zero-order valence-corrected chi connectivity index (χ0v) is 12.9. The maximum Gasteiger partial charge on any atom is 0.320 e. The summed E-state index contributed by atoms with van der Waals surface area (Å²) >= 11 is 0. The lowest BCUT2D eigenvalue weighted by Crippen LogP contribution is -2.38. The Labute approximate surface area is 119 Å². The SMILES string of the molecule is C[Si](C)(C)O[C@H]1c2ccccc2C[C@H]2C(=O)OC(=O)[C@H]21. The van der Waals surface area contributed by atoms with Crippen LogP contribution < -0.4 is 0 Å². The second-order valence-corrected chi connectivity index (χ2v) is 10.9. The standard InChI is InChI=1S/C15H18O4Si/c1-20(2,3)19-13-10-7-5-4-6-9(10)8-11-12(13)15(17)18-14(11)16/h4-7,11-13H,8H2,1-3H3/t11-,12-,13+/m1/s1. The lowest BCUT2D eigenvalue weighted by Gasteiger charge is -2.35. The summed E-state index contributed by atoms with van der Waals surface area (Å²) < 4.78 is 11.1. The number of cyclic esters (lactones) is 2. The third kappa shape index (κ3) is 2.21. The van der Waals surface area contributed by atoms with Crippen LogP contribution in [0.4, 0.5) is 0 Å². The van der Waals surface area contributed by atoms with Crippen LogP contribution in [0.3, 0.4) is 0 Å². The third-order valence-electron chi connectivity index (χ3n) is 3.82. The number of benzene rings is 1. The average molecular weight is 290 g/mol. The maximum absolute atomic E-state index is 12.0. The van der Waals surface area contributed by atoms with Gasteiger partial charge in [0.05, 0.1) is 12.0 Å². The van der Waals surface area contributed by atoms with Crippen molar-refractivity contribution < 1.29 is 18.8 Å². The number of hydrogen-bond donors (Lipinski definition) is 0. The van der Waals surface area contributed by atoms with E-state index in [4.69, 9.17) is 9.16 Å². The van der Waals surface area contributed by atoms with E-state index in [1.54, 1.807) is 0 Å². The van der Waals surface area contributed by atoms with Crippen molar-refractivity contribution in [2.45, 2.75) is 32.2 Å². The first kappa shape index (κ1) is 13.5. The molecule has 0 amide bonds. The number of fused-ring (bicyclic) bond motifs is 2. The molecule has 20 heavy (non-hydrogen) atoms. The molecule has 0 unspecified atom stereocenters. The van der Waals surface area contributed by atoms with Gasteiger partial charge in [0.1, 0.15) is 5.92 Å². The molecular weight excluding hydrogens is 272 g/mol. The Bertz CT molecular complexity index is 575. The summed E-state index contributed by atoms with van der Waals surface area (Å²) in [6.07, 6.45) is 0.215. The van der Waals surface area contributed by atoms with E-state index in [0.29, 0.717) is 6.42 Å². The van der Waals surface area contributed by atoms with Gasteiger partial charge in [0, 0.05) is 0 Å². The Morgan fingerprint density at radius 3 is 2.55 bits per heavy atom. The molecule has 1 aliphatic carbocycles. The highest BCUT2D eigenvalue weighted by Gasteiger charge is 2.53. The number of ether oxygens (including phenoxy) is 1. The van der Waals surface area contributed by atoms with Gasteiger partial charge < -0.3 is 9.16 Å². The normalized spacial score (nSPS) is 28.9. The van der Waals surface area contributed by atoms with Gasteiger partial charge in [-0.05, 0) is 37.2 Å². The van der Waals surface area contributed by atoms with Gasteiger partial charge in [-0.3, -0.25) is 9.59 Å². The lowest BCUT2D eigenvalue weighted by atomic mass is 9.75. The fourth-order valence-electron chi connectivity index (χ4n) is 3.04. The van der Waals surface area contributed by atoms with Crippen molar-refractivity contribution >= 4 is 20.3 Å². The van der Waals surface area contributed by atoms with Crippen molar-refractivity contribution in [1.29, 1.82) is 0 Å². The topological polar surface area (TPSA) is 52.6 Å². The lowest BCUT2D eigenvalue weighted by molar-refractivity contribution is -0.154. The van der Waals surface area contributed by atoms with Gasteiger partial charge in [0.25, 0.3) is 0 Å². The molecule has 3 rings (SSSR count). The molecule has 0 N–H and O–H groups in total. The minimum Gasteiger partial charge on any atom is -0.410 e. The largest absolute Gasteiger partial charge is 0.410 e. The van der Waals surface area contributed by atoms with E-state index in [9.17, 15) is 9.59 Å². The fraction of sp³-hybridized carbons (Fsp3) is 0.467. The molecule has 106 valence electrons. The minimum absolute atomic E-state index is 0.351. The van der Waals surface area contributed by atoms with Gasteiger partial charge in [-0.25, -0.2) is 0 Å². The number of carbonyl (C=O) groups excluding carboxylic acids is 2. The minimum atomic E-state index is -1.84. The molecule has 3 atom stereocenters. The summed E-state index contributed by atoms with van der Waals surface area (Å²) in [6.45, 7) is 6.25. The molecule has 0 aromatic heterocycles. The Morgan fingerprint density at radius 2 is 1.85 bits per heavy atom. The molecule has 1 aromatic carbocycles. The highest BCUT2D eigenvalue weighted by molar-refractivity contribution is 6.69. The zero-order chi connectivity index (χ0) is 14.5. The molecule has 1 fully saturated rings. The quantitative estimate of drug-likeness (QED) is 0.477. The Balaban J connectivity index is 2.07. The Hall–Kier alpha value is -1.46. The van der Waals surface area contributed by atoms with Crippen molar-refractivity contribution in [3.8, 4) is 0 Å². The monoisotopic (exact) mass is 290 g/mol. The smallest absolute Gasteiger partial charge is 0.320 e. The van der Waals surface area contributed by atoms with Crippen LogP contribution in [0.1, 0.15) is 17.2 Å². The van der Waals surface area contributed by atoms with E-state index in [2.05, 4.69) is 19.6 Å².